The lowest BCUT2D eigenvalue weighted by Crippen LogP contribution is -2.40. The van der Waals surface area contributed by atoms with Gasteiger partial charge in [-0.25, -0.2) is 0 Å². The minimum absolute atomic E-state index is 0.0993. The molecule has 1 fully saturated rings. The van der Waals surface area contributed by atoms with E-state index < -0.39 is 0 Å². The van der Waals surface area contributed by atoms with Crippen molar-refractivity contribution in [2.45, 2.75) is 50.6 Å². The van der Waals surface area contributed by atoms with Gasteiger partial charge >= 0.3 is 0 Å². The minimum Gasteiger partial charge on any atom is -0.497 e. The van der Waals surface area contributed by atoms with E-state index in [4.69, 9.17) is 15.2 Å². The third-order valence-corrected chi connectivity index (χ3v) is 4.19. The van der Waals surface area contributed by atoms with Crippen LogP contribution in [-0.2, 0) is 11.2 Å². The Morgan fingerprint density at radius 1 is 1.14 bits per heavy atom. The molecule has 0 bridgehead atoms. The number of aryl methyl sites for hydroxylation is 1. The second-order valence-corrected chi connectivity index (χ2v) is 5.90. The van der Waals surface area contributed by atoms with Crippen LogP contribution in [0, 0.1) is 0 Å². The van der Waals surface area contributed by atoms with Crippen molar-refractivity contribution in [1.82, 2.24) is 5.32 Å². The van der Waals surface area contributed by atoms with Gasteiger partial charge in [-0.3, -0.25) is 4.79 Å². The Balaban J connectivity index is 1.83. The predicted molar refractivity (Wildman–Crippen MR) is 86.2 cm³/mol. The number of carbonyl (C=O) groups is 1. The van der Waals surface area contributed by atoms with Gasteiger partial charge in [0.1, 0.15) is 11.5 Å². The molecule has 5 heteroatoms. The Hall–Kier alpha value is -1.75. The topological polar surface area (TPSA) is 73.6 Å². The summed E-state index contributed by atoms with van der Waals surface area (Å²) in [6.45, 7) is 0. The molecular weight excluding hydrogens is 280 g/mol. The van der Waals surface area contributed by atoms with Crippen LogP contribution in [-0.4, -0.2) is 32.2 Å². The zero-order valence-corrected chi connectivity index (χ0v) is 13.4. The van der Waals surface area contributed by atoms with E-state index in [2.05, 4.69) is 5.32 Å². The van der Waals surface area contributed by atoms with E-state index in [9.17, 15) is 4.79 Å². The number of hydrogen-bond donors (Lipinski definition) is 2. The molecule has 2 rings (SSSR count). The third-order valence-electron chi connectivity index (χ3n) is 4.19. The molecular formula is C17H26N2O3. The normalized spacial score (nSPS) is 21.2. The first-order chi connectivity index (χ1) is 10.6. The van der Waals surface area contributed by atoms with Crippen molar-refractivity contribution in [1.29, 1.82) is 0 Å². The zero-order valence-electron chi connectivity index (χ0n) is 13.4. The lowest BCUT2D eigenvalue weighted by Gasteiger charge is -2.26. The zero-order chi connectivity index (χ0) is 15.9. The minimum atomic E-state index is 0.0993. The van der Waals surface area contributed by atoms with Crippen LogP contribution in [0.15, 0.2) is 18.2 Å². The molecule has 1 aliphatic carbocycles. The highest BCUT2D eigenvalue weighted by molar-refractivity contribution is 5.76. The molecule has 0 spiro atoms. The second-order valence-electron chi connectivity index (χ2n) is 5.90. The maximum atomic E-state index is 12.1. The van der Waals surface area contributed by atoms with Gasteiger partial charge in [-0.2, -0.15) is 0 Å². The molecule has 1 aliphatic rings. The van der Waals surface area contributed by atoms with Crippen LogP contribution in [0.1, 0.15) is 37.7 Å². The van der Waals surface area contributed by atoms with Gasteiger partial charge in [0.15, 0.2) is 0 Å². The summed E-state index contributed by atoms with van der Waals surface area (Å²) >= 11 is 0. The number of ether oxygens (including phenoxy) is 2. The fourth-order valence-corrected chi connectivity index (χ4v) is 2.83. The first-order valence-electron chi connectivity index (χ1n) is 7.87. The van der Waals surface area contributed by atoms with Crippen LogP contribution in [0.4, 0.5) is 0 Å². The first-order valence-corrected chi connectivity index (χ1v) is 7.87. The SMILES string of the molecule is COc1cc(CCC(=O)NC2CCC(N)CC2)cc(OC)c1. The smallest absolute Gasteiger partial charge is 0.220 e. The first kappa shape index (κ1) is 16.6. The Morgan fingerprint density at radius 3 is 2.27 bits per heavy atom. The van der Waals surface area contributed by atoms with Gasteiger partial charge in [-0.1, -0.05) is 0 Å². The van der Waals surface area contributed by atoms with Gasteiger partial charge in [-0.15, -0.1) is 0 Å². The van der Waals surface area contributed by atoms with E-state index in [1.807, 2.05) is 18.2 Å². The summed E-state index contributed by atoms with van der Waals surface area (Å²) < 4.78 is 10.5. The fourth-order valence-electron chi connectivity index (χ4n) is 2.83. The molecule has 0 heterocycles. The predicted octanol–water partition coefficient (Wildman–Crippen LogP) is 2.02. The highest BCUT2D eigenvalue weighted by atomic mass is 16.5. The van der Waals surface area contributed by atoms with Crippen LogP contribution < -0.4 is 20.5 Å². The number of nitrogens with two attached hydrogens (primary N) is 1. The molecule has 0 saturated heterocycles. The number of hydrogen-bond acceptors (Lipinski definition) is 4. The number of carbonyl (C=O) groups excluding carboxylic acids is 1. The van der Waals surface area contributed by atoms with Gasteiger partial charge < -0.3 is 20.5 Å². The molecule has 1 amide bonds. The van der Waals surface area contributed by atoms with Crippen molar-refractivity contribution in [2.24, 2.45) is 5.73 Å². The van der Waals surface area contributed by atoms with Crippen molar-refractivity contribution < 1.29 is 14.3 Å². The Labute approximate surface area is 132 Å². The van der Waals surface area contributed by atoms with Crippen molar-refractivity contribution in [3.63, 3.8) is 0 Å². The van der Waals surface area contributed by atoms with Crippen LogP contribution >= 0.6 is 0 Å². The second kappa shape index (κ2) is 8.03. The molecule has 0 unspecified atom stereocenters. The molecule has 0 aliphatic heterocycles. The number of benzene rings is 1. The number of methoxy groups -OCH3 is 2. The molecule has 3 N–H and O–H groups in total. The van der Waals surface area contributed by atoms with Crippen LogP contribution in [0.5, 0.6) is 11.5 Å². The lowest BCUT2D eigenvalue weighted by molar-refractivity contribution is -0.122. The van der Waals surface area contributed by atoms with Gasteiger partial charge in [0, 0.05) is 24.6 Å². The highest BCUT2D eigenvalue weighted by Gasteiger charge is 2.19. The van der Waals surface area contributed by atoms with Gasteiger partial charge in [0.05, 0.1) is 14.2 Å². The quantitative estimate of drug-likeness (QED) is 0.843. The Morgan fingerprint density at radius 2 is 1.73 bits per heavy atom. The highest BCUT2D eigenvalue weighted by Crippen LogP contribution is 2.23. The molecule has 1 aromatic carbocycles. The average Bonchev–Trinajstić information content (AvgIpc) is 2.54. The van der Waals surface area contributed by atoms with Gasteiger partial charge in [0.25, 0.3) is 0 Å². The Kier molecular flexibility index (Phi) is 6.07. The van der Waals surface area contributed by atoms with E-state index in [1.165, 1.54) is 0 Å². The summed E-state index contributed by atoms with van der Waals surface area (Å²) in [5.74, 6) is 1.59. The largest absolute Gasteiger partial charge is 0.497 e. The number of nitrogens with one attached hydrogen (secondary N) is 1. The van der Waals surface area contributed by atoms with Crippen molar-refractivity contribution in [2.75, 3.05) is 14.2 Å². The third kappa shape index (κ3) is 4.91. The Bertz CT molecular complexity index is 474. The van der Waals surface area contributed by atoms with Crippen LogP contribution in [0.25, 0.3) is 0 Å². The lowest BCUT2D eigenvalue weighted by atomic mass is 9.91. The van der Waals surface area contributed by atoms with Crippen molar-refractivity contribution in [3.05, 3.63) is 23.8 Å². The van der Waals surface area contributed by atoms with E-state index in [0.717, 1.165) is 42.7 Å². The molecule has 22 heavy (non-hydrogen) atoms. The molecule has 122 valence electrons. The number of amides is 1. The van der Waals surface area contributed by atoms with Crippen LogP contribution in [0.2, 0.25) is 0 Å². The monoisotopic (exact) mass is 306 g/mol. The van der Waals surface area contributed by atoms with E-state index in [0.29, 0.717) is 18.9 Å². The van der Waals surface area contributed by atoms with E-state index in [-0.39, 0.29) is 11.9 Å². The number of rotatable bonds is 6. The molecule has 0 aromatic heterocycles. The summed E-state index contributed by atoms with van der Waals surface area (Å²) in [7, 11) is 3.25. The fraction of sp³-hybridized carbons (Fsp3) is 0.588. The van der Waals surface area contributed by atoms with E-state index in [1.54, 1.807) is 14.2 Å². The molecule has 5 nitrogen and oxygen atoms in total. The summed E-state index contributed by atoms with van der Waals surface area (Å²) in [6, 6.07) is 6.30. The van der Waals surface area contributed by atoms with E-state index >= 15 is 0 Å². The summed E-state index contributed by atoms with van der Waals surface area (Å²) in [5, 5.41) is 3.11. The average molecular weight is 306 g/mol. The van der Waals surface area contributed by atoms with Crippen molar-refractivity contribution >= 4 is 5.91 Å². The molecule has 0 radical (unpaired) electrons. The molecule has 1 saturated carbocycles. The maximum Gasteiger partial charge on any atom is 0.220 e. The summed E-state index contributed by atoms with van der Waals surface area (Å²) in [6.07, 6.45) is 5.11. The van der Waals surface area contributed by atoms with Crippen LogP contribution in [0.3, 0.4) is 0 Å². The summed E-state index contributed by atoms with van der Waals surface area (Å²) in [4.78, 5) is 12.1. The molecule has 1 aromatic rings. The van der Waals surface area contributed by atoms with Crippen molar-refractivity contribution in [3.8, 4) is 11.5 Å². The van der Waals surface area contributed by atoms with Gasteiger partial charge in [-0.05, 0) is 49.8 Å². The maximum absolute atomic E-state index is 12.1. The standard InChI is InChI=1S/C17H26N2O3/c1-21-15-9-12(10-16(11-15)22-2)3-8-17(20)19-14-6-4-13(18)5-7-14/h9-11,13-14H,3-8,18H2,1-2H3,(H,19,20). The summed E-state index contributed by atoms with van der Waals surface area (Å²) in [5.41, 5.74) is 6.92. The van der Waals surface area contributed by atoms with Gasteiger partial charge in [0.2, 0.25) is 5.91 Å². The molecule has 0 atom stereocenters.